The summed E-state index contributed by atoms with van der Waals surface area (Å²) in [6.07, 6.45) is 6.90. The van der Waals surface area contributed by atoms with Crippen molar-refractivity contribution in [1.82, 2.24) is 9.97 Å². The molecule has 0 aliphatic carbocycles. The summed E-state index contributed by atoms with van der Waals surface area (Å²) in [4.78, 5) is 25.5. The maximum atomic E-state index is 14.0. The van der Waals surface area contributed by atoms with Gasteiger partial charge in [-0.3, -0.25) is 9.78 Å². The van der Waals surface area contributed by atoms with E-state index >= 15 is 0 Å². The van der Waals surface area contributed by atoms with Gasteiger partial charge < -0.3 is 15.1 Å². The third-order valence-electron chi connectivity index (χ3n) is 5.59. The van der Waals surface area contributed by atoms with E-state index in [9.17, 15) is 9.18 Å². The van der Waals surface area contributed by atoms with Crippen LogP contribution in [0, 0.1) is 5.82 Å². The minimum atomic E-state index is -0.459. The summed E-state index contributed by atoms with van der Waals surface area (Å²) in [6.45, 7) is 1.80. The largest absolute Gasteiger partial charge is 0.371 e. The summed E-state index contributed by atoms with van der Waals surface area (Å²) in [6, 6.07) is 11.8. The third-order valence-corrected chi connectivity index (χ3v) is 5.82. The van der Waals surface area contributed by atoms with E-state index in [1.807, 2.05) is 19.2 Å². The molecule has 1 aliphatic heterocycles. The molecule has 0 spiro atoms. The molecule has 1 aliphatic rings. The SMILES string of the molecule is CN(c1ccc(F)cc1C(=O)Nc1ccc(Cl)cn1)C1CCN(c2ccncc2)CC1. The van der Waals surface area contributed by atoms with E-state index < -0.39 is 11.7 Å². The molecule has 1 N–H and O–H groups in total. The van der Waals surface area contributed by atoms with E-state index in [0.717, 1.165) is 31.6 Å². The lowest BCUT2D eigenvalue weighted by molar-refractivity contribution is 0.102. The van der Waals surface area contributed by atoms with Gasteiger partial charge in [0.1, 0.15) is 11.6 Å². The first-order chi connectivity index (χ1) is 15.0. The molecule has 0 radical (unpaired) electrons. The van der Waals surface area contributed by atoms with Crippen LogP contribution in [0.15, 0.2) is 61.1 Å². The molecule has 3 heterocycles. The van der Waals surface area contributed by atoms with Gasteiger partial charge in [0.2, 0.25) is 0 Å². The Morgan fingerprint density at radius 1 is 1.16 bits per heavy atom. The van der Waals surface area contributed by atoms with Gasteiger partial charge in [-0.05, 0) is 55.3 Å². The number of benzene rings is 1. The number of hydrogen-bond donors (Lipinski definition) is 1. The Balaban J connectivity index is 1.49. The van der Waals surface area contributed by atoms with Gasteiger partial charge in [0.25, 0.3) is 5.91 Å². The van der Waals surface area contributed by atoms with E-state index in [2.05, 4.69) is 25.1 Å². The molecule has 31 heavy (non-hydrogen) atoms. The van der Waals surface area contributed by atoms with E-state index in [4.69, 9.17) is 11.6 Å². The van der Waals surface area contributed by atoms with Crippen LogP contribution in [-0.4, -0.2) is 42.1 Å². The molecule has 1 aromatic carbocycles. The van der Waals surface area contributed by atoms with Crippen molar-refractivity contribution in [2.45, 2.75) is 18.9 Å². The van der Waals surface area contributed by atoms with Gasteiger partial charge in [0.05, 0.1) is 10.6 Å². The lowest BCUT2D eigenvalue weighted by Crippen LogP contribution is -2.44. The monoisotopic (exact) mass is 439 g/mol. The topological polar surface area (TPSA) is 61.4 Å². The molecule has 4 rings (SSSR count). The molecule has 160 valence electrons. The number of halogens is 2. The molecule has 0 bridgehead atoms. The number of nitrogens with zero attached hydrogens (tertiary/aromatic N) is 4. The zero-order valence-corrected chi connectivity index (χ0v) is 17.9. The molecule has 0 saturated carbocycles. The van der Waals surface area contributed by atoms with Crippen molar-refractivity contribution in [2.75, 3.05) is 35.3 Å². The number of pyridine rings is 2. The number of amides is 1. The van der Waals surface area contributed by atoms with Crippen LogP contribution >= 0.6 is 11.6 Å². The number of rotatable bonds is 5. The van der Waals surface area contributed by atoms with Crippen LogP contribution in [0.3, 0.4) is 0 Å². The zero-order chi connectivity index (χ0) is 21.8. The molecular formula is C23H23ClFN5O. The highest BCUT2D eigenvalue weighted by atomic mass is 35.5. The fraction of sp³-hybridized carbons (Fsp3) is 0.261. The number of aromatic nitrogens is 2. The summed E-state index contributed by atoms with van der Waals surface area (Å²) in [7, 11) is 1.96. The first-order valence-corrected chi connectivity index (χ1v) is 10.5. The second-order valence-electron chi connectivity index (χ2n) is 7.51. The molecule has 8 heteroatoms. The molecule has 1 fully saturated rings. The summed E-state index contributed by atoms with van der Waals surface area (Å²) >= 11 is 5.85. The minimum Gasteiger partial charge on any atom is -0.371 e. The normalized spacial score (nSPS) is 14.4. The van der Waals surface area contributed by atoms with Crippen LogP contribution in [-0.2, 0) is 0 Å². The molecule has 1 amide bonds. The van der Waals surface area contributed by atoms with Crippen LogP contribution in [0.4, 0.5) is 21.6 Å². The number of nitrogens with one attached hydrogen (secondary N) is 1. The molecule has 2 aromatic heterocycles. The highest BCUT2D eigenvalue weighted by Gasteiger charge is 2.26. The fourth-order valence-electron chi connectivity index (χ4n) is 3.89. The highest BCUT2D eigenvalue weighted by Crippen LogP contribution is 2.28. The lowest BCUT2D eigenvalue weighted by Gasteiger charge is -2.39. The maximum Gasteiger partial charge on any atom is 0.259 e. The first-order valence-electron chi connectivity index (χ1n) is 10.1. The van der Waals surface area contributed by atoms with Crippen molar-refractivity contribution in [3.8, 4) is 0 Å². The average Bonchev–Trinajstić information content (AvgIpc) is 2.81. The molecule has 0 unspecified atom stereocenters. The molecule has 1 saturated heterocycles. The summed E-state index contributed by atoms with van der Waals surface area (Å²) in [5.74, 6) is -0.512. The van der Waals surface area contributed by atoms with E-state index in [1.54, 1.807) is 30.6 Å². The Hall–Kier alpha value is -3.19. The molecular weight excluding hydrogens is 417 g/mol. The van der Waals surface area contributed by atoms with Crippen LogP contribution in [0.1, 0.15) is 23.2 Å². The second kappa shape index (κ2) is 9.31. The smallest absolute Gasteiger partial charge is 0.259 e. The van der Waals surface area contributed by atoms with Crippen LogP contribution in [0.25, 0.3) is 0 Å². The number of carbonyl (C=O) groups is 1. The van der Waals surface area contributed by atoms with Crippen LogP contribution in [0.5, 0.6) is 0 Å². The zero-order valence-electron chi connectivity index (χ0n) is 17.1. The lowest BCUT2D eigenvalue weighted by atomic mass is 10.0. The maximum absolute atomic E-state index is 14.0. The van der Waals surface area contributed by atoms with Gasteiger partial charge in [-0.25, -0.2) is 9.37 Å². The van der Waals surface area contributed by atoms with Gasteiger partial charge >= 0.3 is 0 Å². The third kappa shape index (κ3) is 4.94. The van der Waals surface area contributed by atoms with Crippen molar-refractivity contribution < 1.29 is 9.18 Å². The Morgan fingerprint density at radius 2 is 1.90 bits per heavy atom. The number of hydrogen-bond acceptors (Lipinski definition) is 5. The summed E-state index contributed by atoms with van der Waals surface area (Å²) < 4.78 is 14.0. The van der Waals surface area contributed by atoms with Gasteiger partial charge in [0.15, 0.2) is 0 Å². The summed E-state index contributed by atoms with van der Waals surface area (Å²) in [5, 5.41) is 3.20. The molecule has 6 nitrogen and oxygen atoms in total. The number of piperidine rings is 1. The predicted octanol–water partition coefficient (Wildman–Crippen LogP) is 4.63. The van der Waals surface area contributed by atoms with Gasteiger partial charge in [-0.2, -0.15) is 0 Å². The first kappa shape index (κ1) is 21.1. The standard InChI is InChI=1S/C23H23ClFN5O/c1-29(18-8-12-30(13-9-18)19-6-10-26-11-7-19)21-4-3-17(25)14-20(21)23(31)28-22-5-2-16(24)15-27-22/h2-7,10-11,14-15,18H,8-9,12-13H2,1H3,(H,27,28,31). The fourth-order valence-corrected chi connectivity index (χ4v) is 4.01. The van der Waals surface area contributed by atoms with Gasteiger partial charge in [-0.15, -0.1) is 0 Å². The van der Waals surface area contributed by atoms with E-state index in [0.29, 0.717) is 16.5 Å². The highest BCUT2D eigenvalue weighted by molar-refractivity contribution is 6.30. The molecule has 0 atom stereocenters. The Kier molecular flexibility index (Phi) is 6.32. The van der Waals surface area contributed by atoms with Crippen LogP contribution in [0.2, 0.25) is 5.02 Å². The average molecular weight is 440 g/mol. The minimum absolute atomic E-state index is 0.240. The van der Waals surface area contributed by atoms with Crippen molar-refractivity contribution in [1.29, 1.82) is 0 Å². The van der Waals surface area contributed by atoms with Crippen molar-refractivity contribution in [3.63, 3.8) is 0 Å². The Bertz CT molecular complexity index is 1040. The second-order valence-corrected chi connectivity index (χ2v) is 7.95. The van der Waals surface area contributed by atoms with Gasteiger partial charge in [-0.1, -0.05) is 11.6 Å². The van der Waals surface area contributed by atoms with Crippen molar-refractivity contribution >= 4 is 34.7 Å². The van der Waals surface area contributed by atoms with Crippen LogP contribution < -0.4 is 15.1 Å². The number of anilines is 3. The molecule has 3 aromatic rings. The summed E-state index contributed by atoms with van der Waals surface area (Å²) in [5.41, 5.74) is 2.12. The van der Waals surface area contributed by atoms with Gasteiger partial charge in [0, 0.05) is 56.1 Å². The Morgan fingerprint density at radius 3 is 2.58 bits per heavy atom. The Labute approximate surface area is 185 Å². The number of carbonyl (C=O) groups excluding carboxylic acids is 1. The van der Waals surface area contributed by atoms with Crippen molar-refractivity contribution in [3.05, 3.63) is 77.5 Å². The quantitative estimate of drug-likeness (QED) is 0.628. The predicted molar refractivity (Wildman–Crippen MR) is 121 cm³/mol. The van der Waals surface area contributed by atoms with E-state index in [-0.39, 0.29) is 11.6 Å². The van der Waals surface area contributed by atoms with Crippen molar-refractivity contribution in [2.24, 2.45) is 0 Å². The van der Waals surface area contributed by atoms with E-state index in [1.165, 1.54) is 18.3 Å².